The summed E-state index contributed by atoms with van der Waals surface area (Å²) < 4.78 is 28.3. The third-order valence-electron chi connectivity index (χ3n) is 4.97. The van der Waals surface area contributed by atoms with E-state index < -0.39 is 10.2 Å². The highest BCUT2D eigenvalue weighted by Crippen LogP contribution is 2.27. The Bertz CT molecular complexity index is 1270. The van der Waals surface area contributed by atoms with E-state index >= 15 is 0 Å². The molecule has 3 heterocycles. The first-order valence-corrected chi connectivity index (χ1v) is 11.9. The van der Waals surface area contributed by atoms with E-state index in [9.17, 15) is 8.42 Å². The van der Waals surface area contributed by atoms with Crippen LogP contribution in [-0.2, 0) is 10.2 Å². The lowest BCUT2D eigenvalue weighted by atomic mass is 10.1. The van der Waals surface area contributed by atoms with Crippen LogP contribution in [-0.4, -0.2) is 59.2 Å². The number of hydrogen-bond acceptors (Lipinski definition) is 8. The molecule has 0 amide bonds. The van der Waals surface area contributed by atoms with E-state index in [2.05, 4.69) is 20.3 Å². The van der Waals surface area contributed by atoms with Crippen LogP contribution < -0.4 is 11.1 Å². The highest BCUT2D eigenvalue weighted by Gasteiger charge is 2.25. The van der Waals surface area contributed by atoms with Crippen LogP contribution >= 0.6 is 11.3 Å². The monoisotopic (exact) mass is 457 g/mol. The number of nitrogen functional groups attached to an aromatic ring is 1. The number of thiazole rings is 1. The molecule has 0 bridgehead atoms. The first-order chi connectivity index (χ1) is 14.8. The Morgan fingerprint density at radius 1 is 1.23 bits per heavy atom. The zero-order valence-electron chi connectivity index (χ0n) is 17.2. The SMILES string of the molecule is CN(C)S(=O)(=O)N1CC=C(/C=C/c2c(N)ncnc2Nc2ccc3ncsc3c2)CC1. The fraction of sp³-hybridized carbons (Fsp3) is 0.250. The number of aromatic nitrogens is 3. The number of allylic oxidation sites excluding steroid dienone is 1. The van der Waals surface area contributed by atoms with Crippen molar-refractivity contribution in [1.82, 2.24) is 23.6 Å². The van der Waals surface area contributed by atoms with Crippen molar-refractivity contribution < 1.29 is 8.42 Å². The van der Waals surface area contributed by atoms with Gasteiger partial charge in [0.2, 0.25) is 0 Å². The highest BCUT2D eigenvalue weighted by molar-refractivity contribution is 7.86. The van der Waals surface area contributed by atoms with Crippen LogP contribution in [0, 0.1) is 0 Å². The van der Waals surface area contributed by atoms with E-state index in [1.807, 2.05) is 41.9 Å². The van der Waals surface area contributed by atoms with E-state index in [1.165, 1.54) is 29.0 Å². The number of fused-ring (bicyclic) bond motifs is 1. The Balaban J connectivity index is 1.54. The van der Waals surface area contributed by atoms with Crippen LogP contribution in [0.3, 0.4) is 0 Å². The largest absolute Gasteiger partial charge is 0.383 e. The lowest BCUT2D eigenvalue weighted by Gasteiger charge is -2.27. The lowest BCUT2D eigenvalue weighted by molar-refractivity contribution is 0.391. The second-order valence-electron chi connectivity index (χ2n) is 7.19. The molecule has 0 saturated carbocycles. The van der Waals surface area contributed by atoms with Crippen LogP contribution in [0.2, 0.25) is 0 Å². The van der Waals surface area contributed by atoms with Crippen molar-refractivity contribution in [3.8, 4) is 0 Å². The normalized spacial score (nSPS) is 15.6. The maximum absolute atomic E-state index is 12.3. The maximum Gasteiger partial charge on any atom is 0.281 e. The molecule has 0 aliphatic carbocycles. The summed E-state index contributed by atoms with van der Waals surface area (Å²) in [7, 11) is -0.334. The Morgan fingerprint density at radius 3 is 2.81 bits per heavy atom. The zero-order valence-corrected chi connectivity index (χ0v) is 18.8. The third-order valence-corrected chi connectivity index (χ3v) is 7.67. The number of hydrogen-bond donors (Lipinski definition) is 2. The molecule has 3 N–H and O–H groups in total. The van der Waals surface area contributed by atoms with Gasteiger partial charge in [-0.25, -0.2) is 15.0 Å². The number of nitrogens with zero attached hydrogens (tertiary/aromatic N) is 5. The van der Waals surface area contributed by atoms with Crippen LogP contribution in [0.5, 0.6) is 0 Å². The molecule has 0 unspecified atom stereocenters. The molecule has 1 aliphatic heterocycles. The van der Waals surface area contributed by atoms with E-state index in [0.717, 1.165) is 21.5 Å². The van der Waals surface area contributed by atoms with Crippen LogP contribution in [0.4, 0.5) is 17.3 Å². The first-order valence-electron chi connectivity index (χ1n) is 9.60. The Morgan fingerprint density at radius 2 is 2.06 bits per heavy atom. The van der Waals surface area contributed by atoms with Gasteiger partial charge in [0.25, 0.3) is 10.2 Å². The molecule has 4 rings (SSSR count). The Hall–Kier alpha value is -2.86. The average molecular weight is 458 g/mol. The van der Waals surface area contributed by atoms with Crippen molar-refractivity contribution in [1.29, 1.82) is 0 Å². The second kappa shape index (κ2) is 8.71. The molecule has 11 heteroatoms. The molecular formula is C20H23N7O2S2. The molecule has 9 nitrogen and oxygen atoms in total. The van der Waals surface area contributed by atoms with Crippen LogP contribution in [0.25, 0.3) is 16.3 Å². The van der Waals surface area contributed by atoms with Gasteiger partial charge < -0.3 is 11.1 Å². The number of nitrogens with one attached hydrogen (secondary N) is 1. The summed E-state index contributed by atoms with van der Waals surface area (Å²) in [6.07, 6.45) is 7.75. The van der Waals surface area contributed by atoms with Gasteiger partial charge in [0.15, 0.2) is 0 Å². The summed E-state index contributed by atoms with van der Waals surface area (Å²) in [5.41, 5.74) is 11.5. The molecule has 1 aliphatic rings. The van der Waals surface area contributed by atoms with Gasteiger partial charge in [0.05, 0.1) is 21.3 Å². The van der Waals surface area contributed by atoms with E-state index in [1.54, 1.807) is 11.3 Å². The second-order valence-corrected chi connectivity index (χ2v) is 10.2. The molecular weight excluding hydrogens is 434 g/mol. The fourth-order valence-corrected chi connectivity index (χ4v) is 4.95. The molecule has 162 valence electrons. The van der Waals surface area contributed by atoms with Crippen molar-refractivity contribution in [3.63, 3.8) is 0 Å². The number of benzene rings is 1. The van der Waals surface area contributed by atoms with Crippen molar-refractivity contribution in [2.24, 2.45) is 0 Å². The van der Waals surface area contributed by atoms with Gasteiger partial charge in [0.1, 0.15) is 18.0 Å². The predicted molar refractivity (Wildman–Crippen MR) is 125 cm³/mol. The topological polar surface area (TPSA) is 117 Å². The summed E-state index contributed by atoms with van der Waals surface area (Å²) >= 11 is 1.57. The summed E-state index contributed by atoms with van der Waals surface area (Å²) in [5.74, 6) is 0.960. The predicted octanol–water partition coefficient (Wildman–Crippen LogP) is 2.86. The molecule has 0 fully saturated rings. The Kier molecular flexibility index (Phi) is 6.01. The minimum absolute atomic E-state index is 0.334. The number of rotatable bonds is 6. The standard InChI is InChI=1S/C20H23N7O2S2/c1-26(2)31(28,29)27-9-7-14(8-10-27)3-5-16-19(21)22-12-23-20(16)25-15-4-6-17-18(11-15)30-13-24-17/h3-7,11-13H,8-10H2,1-2H3,(H3,21,22,23,25)/b5-3+. The molecule has 0 saturated heterocycles. The van der Waals surface area contributed by atoms with Gasteiger partial charge >= 0.3 is 0 Å². The van der Waals surface area contributed by atoms with Gasteiger partial charge in [-0.1, -0.05) is 12.2 Å². The van der Waals surface area contributed by atoms with Crippen molar-refractivity contribution in [2.45, 2.75) is 6.42 Å². The van der Waals surface area contributed by atoms with Crippen molar-refractivity contribution >= 4 is 55.2 Å². The molecule has 0 radical (unpaired) electrons. The number of nitrogens with two attached hydrogens (primary N) is 1. The molecule has 0 spiro atoms. The van der Waals surface area contributed by atoms with Gasteiger partial charge in [-0.3, -0.25) is 0 Å². The highest BCUT2D eigenvalue weighted by atomic mass is 32.2. The molecule has 1 aromatic carbocycles. The van der Waals surface area contributed by atoms with Crippen LogP contribution in [0.1, 0.15) is 12.0 Å². The van der Waals surface area contributed by atoms with Gasteiger partial charge in [-0.15, -0.1) is 11.3 Å². The number of anilines is 3. The molecule has 3 aromatic rings. The van der Waals surface area contributed by atoms with E-state index in [0.29, 0.717) is 36.7 Å². The molecule has 0 atom stereocenters. The first kappa shape index (κ1) is 21.4. The minimum Gasteiger partial charge on any atom is -0.383 e. The summed E-state index contributed by atoms with van der Waals surface area (Å²) in [6.45, 7) is 0.762. The summed E-state index contributed by atoms with van der Waals surface area (Å²) in [5, 5.41) is 3.31. The minimum atomic E-state index is -3.41. The van der Waals surface area contributed by atoms with Crippen LogP contribution in [0.15, 0.2) is 47.8 Å². The van der Waals surface area contributed by atoms with Gasteiger partial charge in [0, 0.05) is 32.9 Å². The lowest BCUT2D eigenvalue weighted by Crippen LogP contribution is -2.42. The smallest absolute Gasteiger partial charge is 0.281 e. The average Bonchev–Trinajstić information content (AvgIpc) is 3.21. The van der Waals surface area contributed by atoms with E-state index in [-0.39, 0.29) is 0 Å². The van der Waals surface area contributed by atoms with Crippen molar-refractivity contribution in [2.75, 3.05) is 38.2 Å². The van der Waals surface area contributed by atoms with Crippen molar-refractivity contribution in [3.05, 3.63) is 53.3 Å². The van der Waals surface area contributed by atoms with Gasteiger partial charge in [-0.2, -0.15) is 17.0 Å². The Labute approximate surface area is 185 Å². The molecule has 2 aromatic heterocycles. The summed E-state index contributed by atoms with van der Waals surface area (Å²) in [4.78, 5) is 12.8. The maximum atomic E-state index is 12.3. The quantitative estimate of drug-likeness (QED) is 0.584. The third kappa shape index (κ3) is 4.59. The van der Waals surface area contributed by atoms with E-state index in [4.69, 9.17) is 5.73 Å². The fourth-order valence-electron chi connectivity index (χ4n) is 3.19. The zero-order chi connectivity index (χ0) is 22.0. The molecule has 31 heavy (non-hydrogen) atoms. The van der Waals surface area contributed by atoms with Gasteiger partial charge in [-0.05, 0) is 36.3 Å². The summed E-state index contributed by atoms with van der Waals surface area (Å²) in [6, 6.07) is 5.91.